The third kappa shape index (κ3) is 3.03. The van der Waals surface area contributed by atoms with Crippen molar-refractivity contribution in [3.63, 3.8) is 0 Å². The summed E-state index contributed by atoms with van der Waals surface area (Å²) < 4.78 is 0. The highest BCUT2D eigenvalue weighted by atomic mass is 16.2. The van der Waals surface area contributed by atoms with E-state index < -0.39 is 11.7 Å². The summed E-state index contributed by atoms with van der Waals surface area (Å²) >= 11 is 0. The van der Waals surface area contributed by atoms with E-state index in [1.54, 1.807) is 17.0 Å². The SMILES string of the molecule is CC(C)N(Cc1ccccc1)CN1C(=O)C(=O)c2ccccc21. The monoisotopic (exact) mass is 308 g/mol. The van der Waals surface area contributed by atoms with Crippen LogP contribution in [-0.4, -0.2) is 29.3 Å². The van der Waals surface area contributed by atoms with Gasteiger partial charge in [-0.1, -0.05) is 42.5 Å². The molecule has 1 amide bonds. The first kappa shape index (κ1) is 15.4. The number of rotatable bonds is 5. The highest BCUT2D eigenvalue weighted by molar-refractivity contribution is 6.52. The van der Waals surface area contributed by atoms with Crippen LogP contribution in [-0.2, 0) is 11.3 Å². The van der Waals surface area contributed by atoms with Crippen LogP contribution in [0.25, 0.3) is 0 Å². The summed E-state index contributed by atoms with van der Waals surface area (Å²) in [5.74, 6) is -0.853. The molecular formula is C19H20N2O2. The van der Waals surface area contributed by atoms with Crippen molar-refractivity contribution in [2.75, 3.05) is 11.6 Å². The van der Waals surface area contributed by atoms with E-state index in [0.717, 1.165) is 6.54 Å². The Hall–Kier alpha value is -2.46. The van der Waals surface area contributed by atoms with E-state index in [4.69, 9.17) is 0 Å². The average molecular weight is 308 g/mol. The Morgan fingerprint density at radius 3 is 2.30 bits per heavy atom. The van der Waals surface area contributed by atoms with Gasteiger partial charge in [-0.2, -0.15) is 0 Å². The molecule has 118 valence electrons. The molecule has 1 aliphatic heterocycles. The average Bonchev–Trinajstić information content (AvgIpc) is 2.80. The zero-order chi connectivity index (χ0) is 16.4. The largest absolute Gasteiger partial charge is 0.300 e. The van der Waals surface area contributed by atoms with E-state index in [1.807, 2.05) is 30.3 Å². The molecule has 1 heterocycles. The van der Waals surface area contributed by atoms with Crippen LogP contribution in [0.1, 0.15) is 29.8 Å². The first-order valence-corrected chi connectivity index (χ1v) is 7.81. The lowest BCUT2D eigenvalue weighted by atomic mass is 10.1. The Kier molecular flexibility index (Phi) is 4.26. The number of carbonyl (C=O) groups excluding carboxylic acids is 2. The molecule has 0 aliphatic carbocycles. The van der Waals surface area contributed by atoms with Crippen molar-refractivity contribution in [2.45, 2.75) is 26.4 Å². The van der Waals surface area contributed by atoms with E-state index in [0.29, 0.717) is 17.9 Å². The number of hydrogen-bond acceptors (Lipinski definition) is 3. The van der Waals surface area contributed by atoms with E-state index in [-0.39, 0.29) is 6.04 Å². The molecule has 1 aliphatic rings. The molecule has 0 spiro atoms. The van der Waals surface area contributed by atoms with Crippen molar-refractivity contribution < 1.29 is 9.59 Å². The molecule has 0 saturated heterocycles. The molecule has 0 unspecified atom stereocenters. The molecule has 0 atom stereocenters. The number of para-hydroxylation sites is 1. The Morgan fingerprint density at radius 2 is 1.61 bits per heavy atom. The first-order valence-electron chi connectivity index (χ1n) is 7.81. The molecule has 0 radical (unpaired) electrons. The first-order chi connectivity index (χ1) is 11.1. The lowest BCUT2D eigenvalue weighted by Gasteiger charge is -2.31. The van der Waals surface area contributed by atoms with Crippen molar-refractivity contribution in [1.82, 2.24) is 4.90 Å². The summed E-state index contributed by atoms with van der Waals surface area (Å²) in [5, 5.41) is 0. The molecule has 0 bridgehead atoms. The Morgan fingerprint density at radius 1 is 0.957 bits per heavy atom. The molecule has 23 heavy (non-hydrogen) atoms. The molecular weight excluding hydrogens is 288 g/mol. The van der Waals surface area contributed by atoms with Gasteiger partial charge in [-0.3, -0.25) is 19.4 Å². The fourth-order valence-electron chi connectivity index (χ4n) is 2.78. The number of fused-ring (bicyclic) bond motifs is 1. The second-order valence-corrected chi connectivity index (χ2v) is 6.05. The number of benzene rings is 2. The van der Waals surface area contributed by atoms with Crippen molar-refractivity contribution in [3.8, 4) is 0 Å². The molecule has 0 aromatic heterocycles. The standard InChI is InChI=1S/C19H20N2O2/c1-14(2)20(12-15-8-4-3-5-9-15)13-21-17-11-7-6-10-16(17)18(22)19(21)23/h3-11,14H,12-13H2,1-2H3. The van der Waals surface area contributed by atoms with Crippen molar-refractivity contribution in [1.29, 1.82) is 0 Å². The fourth-order valence-corrected chi connectivity index (χ4v) is 2.78. The predicted octanol–water partition coefficient (Wildman–Crippen LogP) is 3.08. The van der Waals surface area contributed by atoms with Crippen LogP contribution < -0.4 is 4.90 Å². The highest BCUT2D eigenvalue weighted by Gasteiger charge is 2.36. The van der Waals surface area contributed by atoms with E-state index in [1.165, 1.54) is 5.56 Å². The van der Waals surface area contributed by atoms with Crippen LogP contribution in [0.5, 0.6) is 0 Å². The molecule has 0 N–H and O–H groups in total. The smallest absolute Gasteiger partial charge is 0.291 e. The molecule has 3 rings (SSSR count). The second-order valence-electron chi connectivity index (χ2n) is 6.05. The third-order valence-electron chi connectivity index (χ3n) is 4.16. The molecule has 2 aromatic carbocycles. The number of ketones is 1. The normalized spacial score (nSPS) is 14.0. The van der Waals surface area contributed by atoms with Gasteiger partial charge in [0.2, 0.25) is 0 Å². The van der Waals surface area contributed by atoms with Crippen LogP contribution in [0.2, 0.25) is 0 Å². The minimum atomic E-state index is -0.440. The maximum Gasteiger partial charge on any atom is 0.300 e. The van der Waals surface area contributed by atoms with Crippen LogP contribution in [0.15, 0.2) is 54.6 Å². The number of amides is 1. The van der Waals surface area contributed by atoms with Crippen molar-refractivity contribution in [3.05, 3.63) is 65.7 Å². The van der Waals surface area contributed by atoms with E-state index in [2.05, 4.69) is 30.9 Å². The lowest BCUT2D eigenvalue weighted by Crippen LogP contribution is -2.43. The van der Waals surface area contributed by atoms with Gasteiger partial charge in [0.25, 0.3) is 5.78 Å². The van der Waals surface area contributed by atoms with Crippen LogP contribution >= 0.6 is 0 Å². The predicted molar refractivity (Wildman–Crippen MR) is 90.2 cm³/mol. The maximum absolute atomic E-state index is 12.3. The van der Waals surface area contributed by atoms with Crippen molar-refractivity contribution >= 4 is 17.4 Å². The number of Topliss-reactive ketones (excluding diaryl/α,β-unsaturated/α-hetero) is 1. The fraction of sp³-hybridized carbons (Fsp3) is 0.263. The maximum atomic E-state index is 12.3. The highest BCUT2D eigenvalue weighted by Crippen LogP contribution is 2.29. The Labute approximate surface area is 136 Å². The van der Waals surface area contributed by atoms with Gasteiger partial charge in [0.15, 0.2) is 0 Å². The number of anilines is 1. The minimum Gasteiger partial charge on any atom is -0.291 e. The molecule has 0 saturated carbocycles. The minimum absolute atomic E-state index is 0.255. The van der Waals surface area contributed by atoms with Gasteiger partial charge in [0.05, 0.1) is 17.9 Å². The van der Waals surface area contributed by atoms with Gasteiger partial charge in [-0.15, -0.1) is 0 Å². The van der Waals surface area contributed by atoms with Gasteiger partial charge < -0.3 is 0 Å². The number of nitrogens with zero attached hydrogens (tertiary/aromatic N) is 2. The summed E-state index contributed by atoms with van der Waals surface area (Å²) in [6.45, 7) is 5.33. The van der Waals surface area contributed by atoms with E-state index in [9.17, 15) is 9.59 Å². The van der Waals surface area contributed by atoms with Gasteiger partial charge in [0.1, 0.15) is 0 Å². The summed E-state index contributed by atoms with van der Waals surface area (Å²) in [7, 11) is 0. The van der Waals surface area contributed by atoms with Crippen LogP contribution in [0, 0.1) is 0 Å². The van der Waals surface area contributed by atoms with Gasteiger partial charge in [-0.05, 0) is 31.5 Å². The van der Waals surface area contributed by atoms with Crippen LogP contribution in [0.4, 0.5) is 5.69 Å². The van der Waals surface area contributed by atoms with Crippen LogP contribution in [0.3, 0.4) is 0 Å². The summed E-state index contributed by atoms with van der Waals surface area (Å²) in [4.78, 5) is 28.2. The quantitative estimate of drug-likeness (QED) is 0.797. The summed E-state index contributed by atoms with van der Waals surface area (Å²) in [5.41, 5.74) is 2.40. The number of hydrogen-bond donors (Lipinski definition) is 0. The number of carbonyl (C=O) groups is 2. The van der Waals surface area contributed by atoms with Gasteiger partial charge in [-0.25, -0.2) is 0 Å². The zero-order valence-corrected chi connectivity index (χ0v) is 13.4. The Bertz CT molecular complexity index is 725. The zero-order valence-electron chi connectivity index (χ0n) is 13.4. The summed E-state index contributed by atoms with van der Waals surface area (Å²) in [6.07, 6.45) is 0. The Balaban J connectivity index is 1.83. The third-order valence-corrected chi connectivity index (χ3v) is 4.16. The molecule has 4 heteroatoms. The second kappa shape index (κ2) is 6.34. The van der Waals surface area contributed by atoms with E-state index >= 15 is 0 Å². The molecule has 4 nitrogen and oxygen atoms in total. The topological polar surface area (TPSA) is 40.6 Å². The van der Waals surface area contributed by atoms with Crippen molar-refractivity contribution in [2.24, 2.45) is 0 Å². The van der Waals surface area contributed by atoms with Gasteiger partial charge in [0, 0.05) is 12.6 Å². The van der Waals surface area contributed by atoms with Gasteiger partial charge >= 0.3 is 5.91 Å². The lowest BCUT2D eigenvalue weighted by molar-refractivity contribution is -0.114. The summed E-state index contributed by atoms with van der Waals surface area (Å²) in [6, 6.07) is 17.6. The molecule has 2 aromatic rings. The molecule has 0 fully saturated rings.